The minimum atomic E-state index is -0.276. The summed E-state index contributed by atoms with van der Waals surface area (Å²) in [5, 5.41) is 3.94. The zero-order valence-electron chi connectivity index (χ0n) is 11.1. The van der Waals surface area contributed by atoms with Crippen molar-refractivity contribution < 1.29 is 8.91 Å². The number of piperidine rings is 1. The molecule has 2 N–H and O–H groups in total. The van der Waals surface area contributed by atoms with Gasteiger partial charge in [0, 0.05) is 24.7 Å². The van der Waals surface area contributed by atoms with Crippen molar-refractivity contribution in [3.8, 4) is 11.4 Å². The Morgan fingerprint density at radius 2 is 1.95 bits per heavy atom. The van der Waals surface area contributed by atoms with E-state index in [2.05, 4.69) is 15.0 Å². The molecule has 5 nitrogen and oxygen atoms in total. The zero-order chi connectivity index (χ0) is 13.9. The number of nitrogens with two attached hydrogens (primary N) is 1. The second-order valence-corrected chi connectivity index (χ2v) is 5.13. The lowest BCUT2D eigenvalue weighted by molar-refractivity contribution is 0.182. The number of aromatic nitrogens is 2. The highest BCUT2D eigenvalue weighted by molar-refractivity contribution is 5.53. The number of rotatable bonds is 3. The van der Waals surface area contributed by atoms with Gasteiger partial charge < -0.3 is 10.3 Å². The van der Waals surface area contributed by atoms with Gasteiger partial charge in [-0.3, -0.25) is 4.90 Å². The largest absolute Gasteiger partial charge is 0.338 e. The van der Waals surface area contributed by atoms with Gasteiger partial charge in [-0.05, 0) is 37.1 Å². The van der Waals surface area contributed by atoms with Crippen LogP contribution in [0.5, 0.6) is 0 Å². The number of nitrogens with zero attached hydrogens (tertiary/aromatic N) is 3. The predicted octanol–water partition coefficient (Wildman–Crippen LogP) is 1.80. The molecule has 0 amide bonds. The smallest absolute Gasteiger partial charge is 0.241 e. The molecule has 0 radical (unpaired) electrons. The normalized spacial score (nSPS) is 17.5. The molecule has 1 aromatic carbocycles. The van der Waals surface area contributed by atoms with Crippen molar-refractivity contribution in [1.82, 2.24) is 15.0 Å². The number of hydrogen-bond donors (Lipinski definition) is 1. The molecule has 1 aliphatic rings. The third-order valence-electron chi connectivity index (χ3n) is 3.56. The highest BCUT2D eigenvalue weighted by Gasteiger charge is 2.18. The molecular formula is C14H17FN4O. The highest BCUT2D eigenvalue weighted by atomic mass is 19.1. The van der Waals surface area contributed by atoms with E-state index in [1.165, 1.54) is 12.1 Å². The maximum Gasteiger partial charge on any atom is 0.241 e. The van der Waals surface area contributed by atoms with E-state index in [4.69, 9.17) is 10.3 Å². The van der Waals surface area contributed by atoms with Crippen LogP contribution in [0.25, 0.3) is 11.4 Å². The molecular weight excluding hydrogens is 259 g/mol. The predicted molar refractivity (Wildman–Crippen MR) is 72.2 cm³/mol. The third-order valence-corrected chi connectivity index (χ3v) is 3.56. The SMILES string of the molecule is NC1CCN(Cc2nc(-c3ccc(F)cc3)no2)CC1. The number of halogens is 1. The van der Waals surface area contributed by atoms with Crippen molar-refractivity contribution in [3.63, 3.8) is 0 Å². The molecule has 0 spiro atoms. The van der Waals surface area contributed by atoms with Gasteiger partial charge in [0.2, 0.25) is 11.7 Å². The zero-order valence-corrected chi connectivity index (χ0v) is 11.1. The second-order valence-electron chi connectivity index (χ2n) is 5.13. The lowest BCUT2D eigenvalue weighted by Gasteiger charge is -2.28. The Morgan fingerprint density at radius 1 is 1.25 bits per heavy atom. The Morgan fingerprint density at radius 3 is 2.65 bits per heavy atom. The Balaban J connectivity index is 1.66. The van der Waals surface area contributed by atoms with Crippen LogP contribution in [-0.4, -0.2) is 34.2 Å². The van der Waals surface area contributed by atoms with E-state index in [9.17, 15) is 4.39 Å². The van der Waals surface area contributed by atoms with E-state index in [-0.39, 0.29) is 5.82 Å². The average Bonchev–Trinajstić information content (AvgIpc) is 2.91. The van der Waals surface area contributed by atoms with Crippen LogP contribution in [0.2, 0.25) is 0 Å². The van der Waals surface area contributed by atoms with E-state index in [0.717, 1.165) is 31.5 Å². The fraction of sp³-hybridized carbons (Fsp3) is 0.429. The Hall–Kier alpha value is -1.79. The lowest BCUT2D eigenvalue weighted by atomic mass is 10.1. The summed E-state index contributed by atoms with van der Waals surface area (Å²) >= 11 is 0. The maximum absolute atomic E-state index is 12.9. The maximum atomic E-state index is 12.9. The van der Waals surface area contributed by atoms with Gasteiger partial charge in [0.15, 0.2) is 0 Å². The lowest BCUT2D eigenvalue weighted by Crippen LogP contribution is -2.39. The van der Waals surface area contributed by atoms with Crippen LogP contribution in [-0.2, 0) is 6.54 Å². The molecule has 0 unspecified atom stereocenters. The van der Waals surface area contributed by atoms with E-state index in [1.807, 2.05) is 0 Å². The summed E-state index contributed by atoms with van der Waals surface area (Å²) in [4.78, 5) is 6.61. The van der Waals surface area contributed by atoms with Crippen molar-refractivity contribution in [2.75, 3.05) is 13.1 Å². The summed E-state index contributed by atoms with van der Waals surface area (Å²) in [6, 6.07) is 6.37. The standard InChI is InChI=1S/C14H17FN4O/c15-11-3-1-10(2-4-11)14-17-13(20-18-14)9-19-7-5-12(16)6-8-19/h1-4,12H,5-9,16H2. The van der Waals surface area contributed by atoms with Crippen LogP contribution in [0.3, 0.4) is 0 Å². The van der Waals surface area contributed by atoms with Gasteiger partial charge in [-0.25, -0.2) is 4.39 Å². The first-order chi connectivity index (χ1) is 9.70. The van der Waals surface area contributed by atoms with Crippen LogP contribution in [0.15, 0.2) is 28.8 Å². The van der Waals surface area contributed by atoms with Crippen molar-refractivity contribution in [2.45, 2.75) is 25.4 Å². The molecule has 2 heterocycles. The molecule has 1 saturated heterocycles. The van der Waals surface area contributed by atoms with Crippen LogP contribution in [0.4, 0.5) is 4.39 Å². The van der Waals surface area contributed by atoms with Gasteiger partial charge in [0.25, 0.3) is 0 Å². The molecule has 106 valence electrons. The topological polar surface area (TPSA) is 68.2 Å². The van der Waals surface area contributed by atoms with E-state index >= 15 is 0 Å². The molecule has 0 bridgehead atoms. The number of likely N-dealkylation sites (tertiary alicyclic amines) is 1. The minimum absolute atomic E-state index is 0.276. The van der Waals surface area contributed by atoms with Gasteiger partial charge in [-0.2, -0.15) is 4.98 Å². The van der Waals surface area contributed by atoms with Crippen molar-refractivity contribution >= 4 is 0 Å². The van der Waals surface area contributed by atoms with Crippen molar-refractivity contribution in [1.29, 1.82) is 0 Å². The van der Waals surface area contributed by atoms with Gasteiger partial charge in [0.05, 0.1) is 6.54 Å². The number of benzene rings is 1. The summed E-state index contributed by atoms with van der Waals surface area (Å²) in [5.41, 5.74) is 6.63. The molecule has 3 rings (SSSR count). The van der Waals surface area contributed by atoms with Crippen LogP contribution < -0.4 is 5.73 Å². The van der Waals surface area contributed by atoms with Crippen molar-refractivity contribution in [2.24, 2.45) is 5.73 Å². The summed E-state index contributed by atoms with van der Waals surface area (Å²) in [6.45, 7) is 2.55. The van der Waals surface area contributed by atoms with Crippen LogP contribution in [0, 0.1) is 5.82 Å². The van der Waals surface area contributed by atoms with E-state index in [1.54, 1.807) is 12.1 Å². The second kappa shape index (κ2) is 5.68. The quantitative estimate of drug-likeness (QED) is 0.925. The fourth-order valence-corrected chi connectivity index (χ4v) is 2.34. The fourth-order valence-electron chi connectivity index (χ4n) is 2.34. The summed E-state index contributed by atoms with van der Waals surface area (Å²) in [6.07, 6.45) is 2.00. The van der Waals surface area contributed by atoms with E-state index in [0.29, 0.717) is 24.3 Å². The summed E-state index contributed by atoms with van der Waals surface area (Å²) in [5.74, 6) is 0.802. The molecule has 0 atom stereocenters. The molecule has 1 fully saturated rings. The van der Waals surface area contributed by atoms with Crippen LogP contribution >= 0.6 is 0 Å². The molecule has 0 saturated carbocycles. The molecule has 1 aliphatic heterocycles. The Kier molecular flexibility index (Phi) is 3.75. The Bertz CT molecular complexity index is 561. The average molecular weight is 276 g/mol. The van der Waals surface area contributed by atoms with E-state index < -0.39 is 0 Å². The highest BCUT2D eigenvalue weighted by Crippen LogP contribution is 2.17. The first kappa shape index (κ1) is 13.2. The molecule has 20 heavy (non-hydrogen) atoms. The van der Waals surface area contributed by atoms with Gasteiger partial charge in [0.1, 0.15) is 5.82 Å². The first-order valence-electron chi connectivity index (χ1n) is 6.77. The number of hydrogen-bond acceptors (Lipinski definition) is 5. The first-order valence-corrected chi connectivity index (χ1v) is 6.77. The van der Waals surface area contributed by atoms with Gasteiger partial charge in [-0.1, -0.05) is 5.16 Å². The minimum Gasteiger partial charge on any atom is -0.338 e. The monoisotopic (exact) mass is 276 g/mol. The third kappa shape index (κ3) is 3.02. The van der Waals surface area contributed by atoms with Crippen LogP contribution in [0.1, 0.15) is 18.7 Å². The molecule has 0 aliphatic carbocycles. The molecule has 1 aromatic heterocycles. The molecule has 2 aromatic rings. The summed E-state index contributed by atoms with van der Waals surface area (Å²) in [7, 11) is 0. The van der Waals surface area contributed by atoms with Gasteiger partial charge >= 0.3 is 0 Å². The summed E-state index contributed by atoms with van der Waals surface area (Å²) < 4.78 is 18.1. The molecule has 6 heteroatoms. The van der Waals surface area contributed by atoms with Gasteiger partial charge in [-0.15, -0.1) is 0 Å². The Labute approximate surface area is 116 Å². The van der Waals surface area contributed by atoms with Crippen molar-refractivity contribution in [3.05, 3.63) is 36.0 Å².